The molecule has 1 N–H and O–H groups in total. The van der Waals surface area contributed by atoms with Gasteiger partial charge in [-0.1, -0.05) is 12.1 Å². The highest BCUT2D eigenvalue weighted by Gasteiger charge is 2.07. The van der Waals surface area contributed by atoms with Crippen LogP contribution in [0.2, 0.25) is 0 Å². The van der Waals surface area contributed by atoms with Crippen LogP contribution in [0.25, 0.3) is 0 Å². The number of aryl methyl sites for hydroxylation is 2. The Kier molecular flexibility index (Phi) is 4.31. The summed E-state index contributed by atoms with van der Waals surface area (Å²) in [6.45, 7) is 1.89. The predicted octanol–water partition coefficient (Wildman–Crippen LogP) is 2.10. The van der Waals surface area contributed by atoms with E-state index in [-0.39, 0.29) is 5.91 Å². The standard InChI is InChI=1S/C13H13IN4O/c1-9-10(8-18(2)17-9)7-15-16-13(19)11-5-3-4-6-12(11)14/h3-8H,1-2H3,(H,16,19). The van der Waals surface area contributed by atoms with E-state index in [2.05, 4.69) is 38.2 Å². The third kappa shape index (κ3) is 3.40. The van der Waals surface area contributed by atoms with Crippen LogP contribution in [0, 0.1) is 10.5 Å². The first kappa shape index (κ1) is 13.7. The Bertz CT molecular complexity index is 633. The number of amides is 1. The summed E-state index contributed by atoms with van der Waals surface area (Å²) in [6.07, 6.45) is 3.44. The lowest BCUT2D eigenvalue weighted by molar-refractivity contribution is 0.0954. The Morgan fingerprint density at radius 1 is 1.47 bits per heavy atom. The fraction of sp³-hybridized carbons (Fsp3) is 0.154. The second-order valence-electron chi connectivity index (χ2n) is 4.02. The van der Waals surface area contributed by atoms with E-state index in [1.165, 1.54) is 0 Å². The van der Waals surface area contributed by atoms with Gasteiger partial charge in [0.2, 0.25) is 0 Å². The highest BCUT2D eigenvalue weighted by Crippen LogP contribution is 2.10. The first-order valence-electron chi connectivity index (χ1n) is 5.66. The van der Waals surface area contributed by atoms with Gasteiger partial charge in [0.25, 0.3) is 5.91 Å². The maximum absolute atomic E-state index is 11.9. The van der Waals surface area contributed by atoms with Crippen LogP contribution in [0.15, 0.2) is 35.6 Å². The van der Waals surface area contributed by atoms with Crippen molar-refractivity contribution in [1.82, 2.24) is 15.2 Å². The quantitative estimate of drug-likeness (QED) is 0.513. The molecular weight excluding hydrogens is 355 g/mol. The topological polar surface area (TPSA) is 59.3 Å². The molecule has 1 amide bonds. The molecule has 2 aromatic rings. The zero-order valence-electron chi connectivity index (χ0n) is 10.6. The molecule has 98 valence electrons. The number of nitrogens with one attached hydrogen (secondary N) is 1. The second-order valence-corrected chi connectivity index (χ2v) is 5.18. The zero-order valence-corrected chi connectivity index (χ0v) is 12.7. The molecule has 1 aromatic carbocycles. The van der Waals surface area contributed by atoms with Crippen molar-refractivity contribution >= 4 is 34.7 Å². The molecule has 0 bridgehead atoms. The minimum atomic E-state index is -0.220. The number of rotatable bonds is 3. The van der Waals surface area contributed by atoms with Gasteiger partial charge in [-0.3, -0.25) is 9.48 Å². The van der Waals surface area contributed by atoms with Crippen molar-refractivity contribution in [3.8, 4) is 0 Å². The molecule has 0 saturated heterocycles. The molecule has 0 atom stereocenters. The van der Waals surface area contributed by atoms with Crippen molar-refractivity contribution in [2.45, 2.75) is 6.92 Å². The van der Waals surface area contributed by atoms with E-state index in [4.69, 9.17) is 0 Å². The zero-order chi connectivity index (χ0) is 13.8. The molecular formula is C13H13IN4O. The molecule has 1 heterocycles. The third-order valence-electron chi connectivity index (χ3n) is 2.54. The molecule has 5 nitrogen and oxygen atoms in total. The highest BCUT2D eigenvalue weighted by molar-refractivity contribution is 14.1. The normalized spacial score (nSPS) is 10.9. The van der Waals surface area contributed by atoms with Gasteiger partial charge in [0.1, 0.15) is 0 Å². The van der Waals surface area contributed by atoms with Crippen molar-refractivity contribution in [1.29, 1.82) is 0 Å². The number of carbonyl (C=O) groups excluding carboxylic acids is 1. The van der Waals surface area contributed by atoms with Crippen LogP contribution in [0.3, 0.4) is 0 Å². The van der Waals surface area contributed by atoms with Crippen LogP contribution < -0.4 is 5.43 Å². The summed E-state index contributed by atoms with van der Waals surface area (Å²) < 4.78 is 2.60. The maximum atomic E-state index is 11.9. The number of hydrogen-bond acceptors (Lipinski definition) is 3. The molecule has 0 radical (unpaired) electrons. The Morgan fingerprint density at radius 3 is 2.84 bits per heavy atom. The molecule has 0 aliphatic rings. The summed E-state index contributed by atoms with van der Waals surface area (Å²) in [4.78, 5) is 11.9. The van der Waals surface area contributed by atoms with E-state index >= 15 is 0 Å². The van der Waals surface area contributed by atoms with Crippen LogP contribution in [0.4, 0.5) is 0 Å². The van der Waals surface area contributed by atoms with Crippen LogP contribution in [-0.4, -0.2) is 21.9 Å². The van der Waals surface area contributed by atoms with E-state index in [0.29, 0.717) is 5.56 Å². The number of benzene rings is 1. The van der Waals surface area contributed by atoms with Gasteiger partial charge in [0, 0.05) is 22.4 Å². The predicted molar refractivity (Wildman–Crippen MR) is 82.2 cm³/mol. The maximum Gasteiger partial charge on any atom is 0.272 e. The van der Waals surface area contributed by atoms with Crippen LogP contribution >= 0.6 is 22.6 Å². The SMILES string of the molecule is Cc1nn(C)cc1C=NNC(=O)c1ccccc1I. The molecule has 6 heteroatoms. The van der Waals surface area contributed by atoms with Crippen LogP contribution in [-0.2, 0) is 7.05 Å². The smallest absolute Gasteiger partial charge is 0.272 e. The lowest BCUT2D eigenvalue weighted by Gasteiger charge is -2.01. The number of aromatic nitrogens is 2. The summed E-state index contributed by atoms with van der Waals surface area (Å²) in [6, 6.07) is 7.36. The Morgan fingerprint density at radius 2 is 2.21 bits per heavy atom. The summed E-state index contributed by atoms with van der Waals surface area (Å²) in [5, 5.41) is 8.14. The van der Waals surface area contributed by atoms with Gasteiger partial charge in [-0.05, 0) is 41.6 Å². The number of hydrogen-bond donors (Lipinski definition) is 1. The van der Waals surface area contributed by atoms with E-state index in [1.807, 2.05) is 38.4 Å². The third-order valence-corrected chi connectivity index (χ3v) is 3.48. The second kappa shape index (κ2) is 5.96. The summed E-state index contributed by atoms with van der Waals surface area (Å²) >= 11 is 2.12. The van der Waals surface area contributed by atoms with Gasteiger partial charge < -0.3 is 0 Å². The fourth-order valence-corrected chi connectivity index (χ4v) is 2.24. The van der Waals surface area contributed by atoms with Gasteiger partial charge in [0.05, 0.1) is 17.5 Å². The largest absolute Gasteiger partial charge is 0.275 e. The highest BCUT2D eigenvalue weighted by atomic mass is 127. The van der Waals surface area contributed by atoms with Crippen molar-refractivity contribution in [2.75, 3.05) is 0 Å². The molecule has 19 heavy (non-hydrogen) atoms. The molecule has 2 rings (SSSR count). The Labute approximate surface area is 124 Å². The minimum absolute atomic E-state index is 0.220. The first-order chi connectivity index (χ1) is 9.08. The number of carbonyl (C=O) groups is 1. The molecule has 1 aromatic heterocycles. The molecule has 0 saturated carbocycles. The average molecular weight is 368 g/mol. The average Bonchev–Trinajstić information content (AvgIpc) is 2.68. The monoisotopic (exact) mass is 368 g/mol. The van der Waals surface area contributed by atoms with Gasteiger partial charge in [-0.2, -0.15) is 10.2 Å². The minimum Gasteiger partial charge on any atom is -0.275 e. The lowest BCUT2D eigenvalue weighted by atomic mass is 10.2. The Hall–Kier alpha value is -1.70. The lowest BCUT2D eigenvalue weighted by Crippen LogP contribution is -2.18. The molecule has 0 fully saturated rings. The summed E-state index contributed by atoms with van der Waals surface area (Å²) in [5.41, 5.74) is 4.88. The van der Waals surface area contributed by atoms with Crippen molar-refractivity contribution in [3.63, 3.8) is 0 Å². The molecule has 0 spiro atoms. The van der Waals surface area contributed by atoms with Crippen molar-refractivity contribution < 1.29 is 4.79 Å². The number of hydrazone groups is 1. The van der Waals surface area contributed by atoms with Gasteiger partial charge in [0.15, 0.2) is 0 Å². The van der Waals surface area contributed by atoms with Gasteiger partial charge in [-0.15, -0.1) is 0 Å². The van der Waals surface area contributed by atoms with E-state index in [9.17, 15) is 4.79 Å². The molecule has 0 aliphatic carbocycles. The van der Waals surface area contributed by atoms with Crippen LogP contribution in [0.5, 0.6) is 0 Å². The fourth-order valence-electron chi connectivity index (χ4n) is 1.61. The van der Waals surface area contributed by atoms with Crippen molar-refractivity contribution in [3.05, 3.63) is 50.9 Å². The number of halogens is 1. The molecule has 0 unspecified atom stereocenters. The first-order valence-corrected chi connectivity index (χ1v) is 6.74. The van der Waals surface area contributed by atoms with Crippen LogP contribution in [0.1, 0.15) is 21.6 Å². The van der Waals surface area contributed by atoms with E-state index in [0.717, 1.165) is 14.8 Å². The summed E-state index contributed by atoms with van der Waals surface area (Å²) in [5.74, 6) is -0.220. The Balaban J connectivity index is 2.05. The van der Waals surface area contributed by atoms with Gasteiger partial charge in [-0.25, -0.2) is 5.43 Å². The van der Waals surface area contributed by atoms with Crippen molar-refractivity contribution in [2.24, 2.45) is 12.1 Å². The van der Waals surface area contributed by atoms with E-state index < -0.39 is 0 Å². The summed E-state index contributed by atoms with van der Waals surface area (Å²) in [7, 11) is 1.84. The van der Waals surface area contributed by atoms with E-state index in [1.54, 1.807) is 17.0 Å². The molecule has 0 aliphatic heterocycles. The van der Waals surface area contributed by atoms with Gasteiger partial charge >= 0.3 is 0 Å². The number of nitrogens with zero attached hydrogens (tertiary/aromatic N) is 3.